The van der Waals surface area contributed by atoms with Crippen LogP contribution in [0.1, 0.15) is 17.5 Å². The van der Waals surface area contributed by atoms with Crippen LogP contribution in [0.3, 0.4) is 0 Å². The minimum absolute atomic E-state index is 0.0489. The predicted molar refractivity (Wildman–Crippen MR) is 84.3 cm³/mol. The largest absolute Gasteiger partial charge is 0.394 e. The number of aliphatic hydroxyl groups excluding tert-OH is 2. The fraction of sp³-hybridized carbons (Fsp3) is 0.357. The highest BCUT2D eigenvalue weighted by Crippen LogP contribution is 2.35. The highest BCUT2D eigenvalue weighted by molar-refractivity contribution is 7.15. The summed E-state index contributed by atoms with van der Waals surface area (Å²) >= 11 is 1.08. The number of aliphatic hydroxyl groups is 2. The van der Waals surface area contributed by atoms with E-state index >= 15 is 0 Å². The molecule has 1 saturated heterocycles. The number of para-hydroxylation sites is 1. The highest BCUT2D eigenvalue weighted by Gasteiger charge is 2.36. The Bertz CT molecular complexity index is 728. The molecular weight excluding hydrogens is 339 g/mol. The molecule has 0 unspecified atom stereocenters. The number of rotatable bonds is 4. The van der Waals surface area contributed by atoms with Gasteiger partial charge in [0.15, 0.2) is 0 Å². The minimum Gasteiger partial charge on any atom is -0.394 e. The van der Waals surface area contributed by atoms with Crippen LogP contribution in [0.5, 0.6) is 0 Å². The van der Waals surface area contributed by atoms with Crippen LogP contribution in [0.25, 0.3) is 0 Å². The van der Waals surface area contributed by atoms with Crippen molar-refractivity contribution in [3.8, 4) is 0 Å². The number of nitrogens with zero attached hydrogens (tertiary/aromatic N) is 2. The van der Waals surface area contributed by atoms with Crippen molar-refractivity contribution >= 4 is 28.2 Å². The Morgan fingerprint density at radius 2 is 2.17 bits per heavy atom. The van der Waals surface area contributed by atoms with E-state index in [9.17, 15) is 14.3 Å². The Kier molecular flexibility index (Phi) is 5.00. The number of urea groups is 1. The first-order chi connectivity index (χ1) is 11.6. The lowest BCUT2D eigenvalue weighted by Crippen LogP contribution is -2.24. The summed E-state index contributed by atoms with van der Waals surface area (Å²) in [5, 5.41) is 32.0. The Hall–Kier alpha value is -2.14. The molecule has 3 atom stereocenters. The van der Waals surface area contributed by atoms with Crippen LogP contribution in [-0.4, -0.2) is 45.3 Å². The molecule has 128 valence electrons. The quantitative estimate of drug-likeness (QED) is 0.661. The summed E-state index contributed by atoms with van der Waals surface area (Å²) in [6, 6.07) is 5.14. The lowest BCUT2D eigenvalue weighted by molar-refractivity contribution is -0.0227. The molecule has 1 aliphatic rings. The number of aromatic nitrogens is 2. The van der Waals surface area contributed by atoms with Crippen molar-refractivity contribution < 1.29 is 24.1 Å². The van der Waals surface area contributed by atoms with Crippen LogP contribution in [0.15, 0.2) is 24.3 Å². The van der Waals surface area contributed by atoms with Gasteiger partial charge in [-0.05, 0) is 12.1 Å². The molecule has 1 fully saturated rings. The maximum atomic E-state index is 13.5. The summed E-state index contributed by atoms with van der Waals surface area (Å²) in [6.07, 6.45) is -1.62. The Morgan fingerprint density at radius 3 is 2.88 bits per heavy atom. The van der Waals surface area contributed by atoms with Crippen LogP contribution >= 0.6 is 11.3 Å². The molecule has 1 aromatic heterocycles. The number of benzene rings is 1. The van der Waals surface area contributed by atoms with Gasteiger partial charge in [0, 0.05) is 6.42 Å². The third-order valence-electron chi connectivity index (χ3n) is 3.46. The average Bonchev–Trinajstić information content (AvgIpc) is 3.16. The minimum atomic E-state index is -0.773. The van der Waals surface area contributed by atoms with Crippen molar-refractivity contribution in [1.29, 1.82) is 0 Å². The van der Waals surface area contributed by atoms with E-state index in [1.54, 1.807) is 6.07 Å². The van der Waals surface area contributed by atoms with Gasteiger partial charge in [-0.1, -0.05) is 23.5 Å². The first-order valence-electron chi connectivity index (χ1n) is 7.17. The van der Waals surface area contributed by atoms with Gasteiger partial charge in [-0.15, -0.1) is 10.2 Å². The van der Waals surface area contributed by atoms with Gasteiger partial charge in [-0.3, -0.25) is 5.32 Å². The summed E-state index contributed by atoms with van der Waals surface area (Å²) in [5.74, 6) is -0.547. The van der Waals surface area contributed by atoms with E-state index in [-0.39, 0.29) is 17.4 Å². The predicted octanol–water partition coefficient (Wildman–Crippen LogP) is 1.50. The zero-order valence-corrected chi connectivity index (χ0v) is 13.2. The first-order valence-corrected chi connectivity index (χ1v) is 7.98. The molecule has 0 radical (unpaired) electrons. The molecule has 1 aromatic carbocycles. The van der Waals surface area contributed by atoms with E-state index in [1.807, 2.05) is 0 Å². The molecular formula is C14H15FN4O4S. The zero-order chi connectivity index (χ0) is 17.1. The Labute approximate surface area is 140 Å². The average molecular weight is 354 g/mol. The van der Waals surface area contributed by atoms with Gasteiger partial charge in [0.25, 0.3) is 0 Å². The normalized spacial score (nSPS) is 23.2. The highest BCUT2D eigenvalue weighted by atomic mass is 32.1. The van der Waals surface area contributed by atoms with Crippen LogP contribution in [0, 0.1) is 5.82 Å². The van der Waals surface area contributed by atoms with Crippen LogP contribution in [0.2, 0.25) is 0 Å². The molecule has 1 aliphatic heterocycles. The van der Waals surface area contributed by atoms with Gasteiger partial charge in [-0.2, -0.15) is 0 Å². The maximum absolute atomic E-state index is 13.5. The number of carbonyl (C=O) groups excluding carboxylic acids is 1. The van der Waals surface area contributed by atoms with E-state index in [2.05, 4.69) is 20.8 Å². The van der Waals surface area contributed by atoms with Crippen molar-refractivity contribution in [3.05, 3.63) is 35.1 Å². The van der Waals surface area contributed by atoms with Gasteiger partial charge in [-0.25, -0.2) is 9.18 Å². The number of ether oxygens (including phenoxy) is 1. The molecule has 2 amide bonds. The van der Waals surface area contributed by atoms with Crippen LogP contribution < -0.4 is 10.6 Å². The van der Waals surface area contributed by atoms with Gasteiger partial charge < -0.3 is 20.3 Å². The van der Waals surface area contributed by atoms with E-state index in [0.717, 1.165) is 11.3 Å². The van der Waals surface area contributed by atoms with Gasteiger partial charge in [0.05, 0.1) is 18.4 Å². The standard InChI is InChI=1S/C14H15FN4O4S/c15-7-3-1-2-4-8(7)16-13(22)17-14-19-18-12(24-14)10-5-9(21)11(6-20)23-10/h1-4,9-11,20-21H,5-6H2,(H2,16,17,19,22)/t9-,10+,11+/m0/s1. The Balaban J connectivity index is 1.60. The Morgan fingerprint density at radius 1 is 1.38 bits per heavy atom. The smallest absolute Gasteiger partial charge is 0.325 e. The summed E-state index contributed by atoms with van der Waals surface area (Å²) < 4.78 is 18.9. The monoisotopic (exact) mass is 354 g/mol. The van der Waals surface area contributed by atoms with Crippen molar-refractivity contribution in [3.63, 3.8) is 0 Å². The number of carbonyl (C=O) groups is 1. The van der Waals surface area contributed by atoms with E-state index in [0.29, 0.717) is 11.4 Å². The molecule has 0 spiro atoms. The second kappa shape index (κ2) is 7.18. The van der Waals surface area contributed by atoms with Gasteiger partial charge >= 0.3 is 6.03 Å². The number of hydrogen-bond donors (Lipinski definition) is 4. The topological polar surface area (TPSA) is 117 Å². The zero-order valence-electron chi connectivity index (χ0n) is 12.3. The number of halogens is 1. The summed E-state index contributed by atoms with van der Waals surface area (Å²) in [6.45, 7) is -0.285. The number of hydrogen-bond acceptors (Lipinski definition) is 7. The summed E-state index contributed by atoms with van der Waals surface area (Å²) in [4.78, 5) is 11.9. The fourth-order valence-electron chi connectivity index (χ4n) is 2.28. The molecule has 0 saturated carbocycles. The molecule has 24 heavy (non-hydrogen) atoms. The fourth-order valence-corrected chi connectivity index (χ4v) is 3.07. The first kappa shape index (κ1) is 16.7. The molecule has 0 aliphatic carbocycles. The van der Waals surface area contributed by atoms with E-state index in [1.165, 1.54) is 18.2 Å². The number of anilines is 2. The van der Waals surface area contributed by atoms with Crippen molar-refractivity contribution in [2.24, 2.45) is 0 Å². The van der Waals surface area contributed by atoms with Gasteiger partial charge in [0.1, 0.15) is 23.0 Å². The molecule has 8 nitrogen and oxygen atoms in total. The summed E-state index contributed by atoms with van der Waals surface area (Å²) in [7, 11) is 0. The van der Waals surface area contributed by atoms with Gasteiger partial charge in [0.2, 0.25) is 5.13 Å². The number of amides is 2. The third kappa shape index (κ3) is 3.67. The second-order valence-corrected chi connectivity index (χ2v) is 6.16. The molecule has 3 rings (SSSR count). The lowest BCUT2D eigenvalue weighted by Gasteiger charge is -2.09. The SMILES string of the molecule is O=C(Nc1nnc([C@H]2C[C@H](O)[C@@H](CO)O2)s1)Nc1ccccc1F. The van der Waals surface area contributed by atoms with Crippen molar-refractivity contribution in [1.82, 2.24) is 10.2 Å². The molecule has 10 heteroatoms. The lowest BCUT2D eigenvalue weighted by atomic mass is 10.1. The molecule has 4 N–H and O–H groups in total. The van der Waals surface area contributed by atoms with Crippen LogP contribution in [-0.2, 0) is 4.74 Å². The molecule has 2 aromatic rings. The van der Waals surface area contributed by atoms with E-state index < -0.39 is 30.2 Å². The van der Waals surface area contributed by atoms with Crippen molar-refractivity contribution in [2.75, 3.05) is 17.2 Å². The molecule has 2 heterocycles. The third-order valence-corrected chi connectivity index (χ3v) is 4.39. The number of nitrogens with one attached hydrogen (secondary N) is 2. The molecule has 0 bridgehead atoms. The second-order valence-electron chi connectivity index (χ2n) is 5.15. The summed E-state index contributed by atoms with van der Waals surface area (Å²) in [5.41, 5.74) is 0.0489. The van der Waals surface area contributed by atoms with Crippen LogP contribution in [0.4, 0.5) is 20.0 Å². The van der Waals surface area contributed by atoms with Crippen molar-refractivity contribution in [2.45, 2.75) is 24.7 Å². The van der Waals surface area contributed by atoms with E-state index in [4.69, 9.17) is 9.84 Å². The maximum Gasteiger partial charge on any atom is 0.325 e.